The molecule has 5 heteroatoms. The Labute approximate surface area is 125 Å². The van der Waals surface area contributed by atoms with Gasteiger partial charge in [-0.2, -0.15) is 5.10 Å². The predicted molar refractivity (Wildman–Crippen MR) is 80.0 cm³/mol. The van der Waals surface area contributed by atoms with E-state index in [1.807, 2.05) is 11.6 Å². The van der Waals surface area contributed by atoms with Crippen molar-refractivity contribution in [1.82, 2.24) is 15.1 Å². The van der Waals surface area contributed by atoms with Crippen LogP contribution in [0, 0.1) is 13.8 Å². The first-order valence-electron chi connectivity index (χ1n) is 7.64. The highest BCUT2D eigenvalue weighted by Gasteiger charge is 2.22. The van der Waals surface area contributed by atoms with Gasteiger partial charge in [-0.25, -0.2) is 0 Å². The maximum atomic E-state index is 9.08. The Bertz CT molecular complexity index is 615. The van der Waals surface area contributed by atoms with Crippen LogP contribution in [0.1, 0.15) is 47.2 Å². The molecule has 1 unspecified atom stereocenters. The van der Waals surface area contributed by atoms with Crippen LogP contribution in [-0.2, 0) is 19.5 Å². The second-order valence-electron chi connectivity index (χ2n) is 5.72. The molecule has 2 aromatic heterocycles. The summed E-state index contributed by atoms with van der Waals surface area (Å²) in [6.07, 6.45) is 5.16. The van der Waals surface area contributed by atoms with E-state index in [2.05, 4.69) is 23.4 Å². The Balaban J connectivity index is 1.72. The van der Waals surface area contributed by atoms with E-state index < -0.39 is 0 Å². The molecule has 2 aromatic rings. The van der Waals surface area contributed by atoms with Gasteiger partial charge in [0.05, 0.1) is 25.1 Å². The zero-order valence-corrected chi connectivity index (χ0v) is 12.7. The van der Waals surface area contributed by atoms with E-state index in [0.29, 0.717) is 12.6 Å². The number of furan rings is 1. The molecule has 1 aliphatic rings. The fourth-order valence-electron chi connectivity index (χ4n) is 3.23. The molecule has 1 aliphatic carbocycles. The zero-order chi connectivity index (χ0) is 14.8. The third-order valence-corrected chi connectivity index (χ3v) is 4.42. The molecular formula is C16H23N3O2. The third-order valence-electron chi connectivity index (χ3n) is 4.42. The minimum atomic E-state index is 0.121. The average Bonchev–Trinajstić information content (AvgIpc) is 3.04. The Hall–Kier alpha value is -1.59. The zero-order valence-electron chi connectivity index (χ0n) is 12.7. The number of aryl methyl sites for hydroxylation is 2. The number of aliphatic hydroxyl groups excluding tert-OH is 1. The van der Waals surface area contributed by atoms with Crippen LogP contribution < -0.4 is 5.32 Å². The van der Waals surface area contributed by atoms with Gasteiger partial charge in [0.1, 0.15) is 5.76 Å². The highest BCUT2D eigenvalue weighted by molar-refractivity contribution is 5.27. The molecule has 0 fully saturated rings. The van der Waals surface area contributed by atoms with Gasteiger partial charge in [0, 0.05) is 35.8 Å². The van der Waals surface area contributed by atoms with E-state index in [0.717, 1.165) is 36.5 Å². The summed E-state index contributed by atoms with van der Waals surface area (Å²) in [6.45, 7) is 5.58. The smallest absolute Gasteiger partial charge is 0.108 e. The second kappa shape index (κ2) is 6.03. The van der Waals surface area contributed by atoms with E-state index >= 15 is 0 Å². The number of hydrogen-bond acceptors (Lipinski definition) is 4. The lowest BCUT2D eigenvalue weighted by molar-refractivity contribution is 0.267. The molecule has 0 aliphatic heterocycles. The van der Waals surface area contributed by atoms with E-state index in [-0.39, 0.29) is 6.61 Å². The van der Waals surface area contributed by atoms with E-state index in [1.165, 1.54) is 17.5 Å². The number of rotatable bonds is 5. The molecule has 0 spiro atoms. The fraction of sp³-hybridized carbons (Fsp3) is 0.562. The lowest BCUT2D eigenvalue weighted by atomic mass is 9.93. The van der Waals surface area contributed by atoms with Crippen LogP contribution >= 0.6 is 0 Å². The number of nitrogens with zero attached hydrogens (tertiary/aromatic N) is 2. The second-order valence-corrected chi connectivity index (χ2v) is 5.72. The van der Waals surface area contributed by atoms with Crippen molar-refractivity contribution in [1.29, 1.82) is 0 Å². The van der Waals surface area contributed by atoms with Crippen LogP contribution in [0.4, 0.5) is 0 Å². The molecule has 3 rings (SSSR count). The van der Waals surface area contributed by atoms with Gasteiger partial charge in [0.15, 0.2) is 0 Å². The number of aromatic nitrogens is 2. The first-order chi connectivity index (χ1) is 10.2. The summed E-state index contributed by atoms with van der Waals surface area (Å²) in [5.74, 6) is 1.13. The van der Waals surface area contributed by atoms with Crippen LogP contribution in [0.2, 0.25) is 0 Å². The standard InChI is InChI=1S/C16H23N3O2/c1-11-14(12(2)19(18-11)7-8-20)10-17-15-4-3-5-16-13(15)6-9-21-16/h6,9,15,17,20H,3-5,7-8,10H2,1-2H3. The Kier molecular flexibility index (Phi) is 4.12. The first-order valence-corrected chi connectivity index (χ1v) is 7.64. The van der Waals surface area contributed by atoms with Crippen LogP contribution in [0.5, 0.6) is 0 Å². The van der Waals surface area contributed by atoms with Crippen molar-refractivity contribution in [3.63, 3.8) is 0 Å². The molecular weight excluding hydrogens is 266 g/mol. The molecule has 0 aromatic carbocycles. The van der Waals surface area contributed by atoms with Gasteiger partial charge < -0.3 is 14.8 Å². The summed E-state index contributed by atoms with van der Waals surface area (Å²) in [5.41, 5.74) is 4.72. The van der Waals surface area contributed by atoms with Gasteiger partial charge in [-0.1, -0.05) is 0 Å². The molecule has 5 nitrogen and oxygen atoms in total. The molecule has 0 saturated carbocycles. The molecule has 0 amide bonds. The van der Waals surface area contributed by atoms with Crippen LogP contribution in [-0.4, -0.2) is 21.5 Å². The van der Waals surface area contributed by atoms with Gasteiger partial charge >= 0.3 is 0 Å². The summed E-state index contributed by atoms with van der Waals surface area (Å²) in [5, 5.41) is 17.2. The van der Waals surface area contributed by atoms with Crippen molar-refractivity contribution in [3.05, 3.63) is 40.6 Å². The third kappa shape index (κ3) is 2.76. The van der Waals surface area contributed by atoms with Crippen molar-refractivity contribution in [3.8, 4) is 0 Å². The maximum absolute atomic E-state index is 9.08. The minimum absolute atomic E-state index is 0.121. The highest BCUT2D eigenvalue weighted by atomic mass is 16.3. The topological polar surface area (TPSA) is 63.2 Å². The normalized spacial score (nSPS) is 18.0. The molecule has 114 valence electrons. The van der Waals surface area contributed by atoms with Gasteiger partial charge in [0.25, 0.3) is 0 Å². The van der Waals surface area contributed by atoms with E-state index in [1.54, 1.807) is 6.26 Å². The Morgan fingerprint density at radius 3 is 3.14 bits per heavy atom. The molecule has 1 atom stereocenters. The van der Waals surface area contributed by atoms with Crippen molar-refractivity contribution < 1.29 is 9.52 Å². The van der Waals surface area contributed by atoms with Crippen molar-refractivity contribution >= 4 is 0 Å². The van der Waals surface area contributed by atoms with E-state index in [4.69, 9.17) is 9.52 Å². The minimum Gasteiger partial charge on any atom is -0.469 e. The lowest BCUT2D eigenvalue weighted by Gasteiger charge is -2.23. The van der Waals surface area contributed by atoms with Crippen molar-refractivity contribution in [2.45, 2.75) is 52.2 Å². The monoisotopic (exact) mass is 289 g/mol. The molecule has 0 saturated heterocycles. The number of fused-ring (bicyclic) bond motifs is 1. The molecule has 0 bridgehead atoms. The lowest BCUT2D eigenvalue weighted by Crippen LogP contribution is -2.24. The predicted octanol–water partition coefficient (Wildman–Crippen LogP) is 2.25. The SMILES string of the molecule is Cc1nn(CCO)c(C)c1CNC1CCCc2occc21. The quantitative estimate of drug-likeness (QED) is 0.886. The number of hydrogen-bond donors (Lipinski definition) is 2. The number of aliphatic hydroxyl groups is 1. The van der Waals surface area contributed by atoms with Gasteiger partial charge in [-0.05, 0) is 32.8 Å². The van der Waals surface area contributed by atoms with Gasteiger partial charge in [0.2, 0.25) is 0 Å². The summed E-state index contributed by atoms with van der Waals surface area (Å²) in [6, 6.07) is 2.45. The summed E-state index contributed by atoms with van der Waals surface area (Å²) < 4.78 is 7.42. The van der Waals surface area contributed by atoms with Crippen LogP contribution in [0.15, 0.2) is 16.7 Å². The Morgan fingerprint density at radius 2 is 2.33 bits per heavy atom. The fourth-order valence-corrected chi connectivity index (χ4v) is 3.23. The largest absolute Gasteiger partial charge is 0.469 e. The molecule has 21 heavy (non-hydrogen) atoms. The summed E-state index contributed by atoms with van der Waals surface area (Å²) in [4.78, 5) is 0. The highest BCUT2D eigenvalue weighted by Crippen LogP contribution is 2.30. The van der Waals surface area contributed by atoms with Gasteiger partial charge in [-0.15, -0.1) is 0 Å². The summed E-state index contributed by atoms with van der Waals surface area (Å²) >= 11 is 0. The molecule has 2 heterocycles. The number of nitrogens with one attached hydrogen (secondary N) is 1. The van der Waals surface area contributed by atoms with Crippen LogP contribution in [0.25, 0.3) is 0 Å². The van der Waals surface area contributed by atoms with E-state index in [9.17, 15) is 0 Å². The molecule has 0 radical (unpaired) electrons. The van der Waals surface area contributed by atoms with Gasteiger partial charge in [-0.3, -0.25) is 4.68 Å². The molecule has 2 N–H and O–H groups in total. The Morgan fingerprint density at radius 1 is 1.48 bits per heavy atom. The summed E-state index contributed by atoms with van der Waals surface area (Å²) in [7, 11) is 0. The van der Waals surface area contributed by atoms with Crippen molar-refractivity contribution in [2.75, 3.05) is 6.61 Å². The maximum Gasteiger partial charge on any atom is 0.108 e. The van der Waals surface area contributed by atoms with Crippen LogP contribution in [0.3, 0.4) is 0 Å². The van der Waals surface area contributed by atoms with Crippen molar-refractivity contribution in [2.24, 2.45) is 0 Å². The first kappa shape index (κ1) is 14.4. The average molecular weight is 289 g/mol.